The second-order valence-corrected chi connectivity index (χ2v) is 6.10. The smallest absolute Gasteiger partial charge is 0.123 e. The molecule has 0 saturated carbocycles. The van der Waals surface area contributed by atoms with E-state index in [-0.39, 0.29) is 0 Å². The van der Waals surface area contributed by atoms with Crippen molar-refractivity contribution in [3.8, 4) is 5.75 Å². The molecule has 0 bridgehead atoms. The summed E-state index contributed by atoms with van der Waals surface area (Å²) in [7, 11) is -1.03. The number of hydrogen-bond donors (Lipinski definition) is 1. The lowest BCUT2D eigenvalue weighted by molar-refractivity contribution is 0.339. The van der Waals surface area contributed by atoms with Crippen molar-refractivity contribution in [3.63, 3.8) is 0 Å². The van der Waals surface area contributed by atoms with Crippen LogP contribution in [0.15, 0.2) is 53.4 Å². The SMILES string of the molecule is Cc1cccc(S(=O)CCOc2ccccc2CN)c1. The molecule has 2 aromatic carbocycles. The molecule has 2 rings (SSSR count). The number of benzene rings is 2. The Labute approximate surface area is 122 Å². The minimum Gasteiger partial charge on any atom is -0.492 e. The Kier molecular flexibility index (Phi) is 5.32. The quantitative estimate of drug-likeness (QED) is 0.889. The maximum Gasteiger partial charge on any atom is 0.123 e. The fraction of sp³-hybridized carbons (Fsp3) is 0.250. The first-order chi connectivity index (χ1) is 9.70. The Morgan fingerprint density at radius 2 is 1.95 bits per heavy atom. The molecular formula is C16H19NO2S. The summed E-state index contributed by atoms with van der Waals surface area (Å²) in [6.45, 7) is 2.85. The van der Waals surface area contributed by atoms with Gasteiger partial charge in [0.25, 0.3) is 0 Å². The number of aryl methyl sites for hydroxylation is 1. The molecule has 0 aliphatic carbocycles. The van der Waals surface area contributed by atoms with Gasteiger partial charge >= 0.3 is 0 Å². The zero-order valence-corrected chi connectivity index (χ0v) is 12.4. The average Bonchev–Trinajstić information content (AvgIpc) is 2.47. The molecule has 20 heavy (non-hydrogen) atoms. The molecule has 0 heterocycles. The highest BCUT2D eigenvalue weighted by Crippen LogP contribution is 2.17. The molecule has 0 aliphatic rings. The van der Waals surface area contributed by atoms with E-state index in [1.54, 1.807) is 0 Å². The normalized spacial score (nSPS) is 12.1. The first-order valence-electron chi connectivity index (χ1n) is 6.56. The molecule has 0 aliphatic heterocycles. The Morgan fingerprint density at radius 3 is 2.70 bits per heavy atom. The topological polar surface area (TPSA) is 52.3 Å². The fourth-order valence-electron chi connectivity index (χ4n) is 1.92. The average molecular weight is 289 g/mol. The van der Waals surface area contributed by atoms with Gasteiger partial charge < -0.3 is 10.5 Å². The van der Waals surface area contributed by atoms with E-state index in [9.17, 15) is 4.21 Å². The highest BCUT2D eigenvalue weighted by atomic mass is 32.2. The van der Waals surface area contributed by atoms with Gasteiger partial charge in [-0.25, -0.2) is 0 Å². The maximum absolute atomic E-state index is 12.1. The highest BCUT2D eigenvalue weighted by molar-refractivity contribution is 7.85. The third kappa shape index (κ3) is 3.92. The number of rotatable bonds is 6. The fourth-order valence-corrected chi connectivity index (χ4v) is 2.93. The van der Waals surface area contributed by atoms with E-state index >= 15 is 0 Å². The van der Waals surface area contributed by atoms with Gasteiger partial charge in [0.05, 0.1) is 16.6 Å². The van der Waals surface area contributed by atoms with E-state index in [1.165, 1.54) is 0 Å². The summed E-state index contributed by atoms with van der Waals surface area (Å²) in [6.07, 6.45) is 0. The van der Waals surface area contributed by atoms with Gasteiger partial charge in [0.2, 0.25) is 0 Å². The van der Waals surface area contributed by atoms with Crippen molar-refractivity contribution in [2.24, 2.45) is 5.73 Å². The third-order valence-electron chi connectivity index (χ3n) is 2.97. The van der Waals surface area contributed by atoms with Crippen molar-refractivity contribution in [1.82, 2.24) is 0 Å². The van der Waals surface area contributed by atoms with Crippen LogP contribution in [-0.2, 0) is 17.3 Å². The van der Waals surface area contributed by atoms with Crippen LogP contribution in [0.5, 0.6) is 5.75 Å². The van der Waals surface area contributed by atoms with Crippen LogP contribution in [-0.4, -0.2) is 16.6 Å². The molecule has 0 aromatic heterocycles. The van der Waals surface area contributed by atoms with Crippen molar-refractivity contribution in [2.75, 3.05) is 12.4 Å². The van der Waals surface area contributed by atoms with Crippen LogP contribution in [0.1, 0.15) is 11.1 Å². The van der Waals surface area contributed by atoms with Crippen molar-refractivity contribution in [1.29, 1.82) is 0 Å². The van der Waals surface area contributed by atoms with Gasteiger partial charge in [-0.15, -0.1) is 0 Å². The van der Waals surface area contributed by atoms with E-state index in [0.717, 1.165) is 21.8 Å². The predicted molar refractivity (Wildman–Crippen MR) is 82.3 cm³/mol. The van der Waals surface area contributed by atoms with E-state index in [4.69, 9.17) is 10.5 Å². The molecular weight excluding hydrogens is 270 g/mol. The summed E-state index contributed by atoms with van der Waals surface area (Å²) < 4.78 is 17.8. The highest BCUT2D eigenvalue weighted by Gasteiger charge is 2.06. The van der Waals surface area contributed by atoms with Crippen LogP contribution in [0.25, 0.3) is 0 Å². The zero-order chi connectivity index (χ0) is 14.4. The van der Waals surface area contributed by atoms with Crippen LogP contribution < -0.4 is 10.5 Å². The summed E-state index contributed by atoms with van der Waals surface area (Å²) in [5, 5.41) is 0. The number of ether oxygens (including phenoxy) is 1. The predicted octanol–water partition coefficient (Wildman–Crippen LogP) is 2.64. The lowest BCUT2D eigenvalue weighted by Gasteiger charge is -2.10. The summed E-state index contributed by atoms with van der Waals surface area (Å²) in [5.41, 5.74) is 7.73. The molecule has 0 amide bonds. The van der Waals surface area contributed by atoms with Gasteiger partial charge in [-0.2, -0.15) is 0 Å². The van der Waals surface area contributed by atoms with Crippen LogP contribution in [0.3, 0.4) is 0 Å². The Bertz CT molecular complexity index is 599. The van der Waals surface area contributed by atoms with Crippen molar-refractivity contribution in [3.05, 3.63) is 59.7 Å². The van der Waals surface area contributed by atoms with Crippen LogP contribution >= 0.6 is 0 Å². The van der Waals surface area contributed by atoms with Crippen molar-refractivity contribution < 1.29 is 8.95 Å². The van der Waals surface area contributed by atoms with Crippen molar-refractivity contribution >= 4 is 10.8 Å². The van der Waals surface area contributed by atoms with Gasteiger partial charge in [0.15, 0.2) is 0 Å². The Hall–Kier alpha value is -1.65. The molecule has 2 aromatic rings. The van der Waals surface area contributed by atoms with E-state index in [2.05, 4.69) is 0 Å². The second-order valence-electron chi connectivity index (χ2n) is 4.53. The van der Waals surface area contributed by atoms with E-state index in [1.807, 2.05) is 55.5 Å². The first-order valence-corrected chi connectivity index (χ1v) is 7.88. The van der Waals surface area contributed by atoms with Gasteiger partial charge in [0.1, 0.15) is 12.4 Å². The van der Waals surface area contributed by atoms with E-state index in [0.29, 0.717) is 18.9 Å². The third-order valence-corrected chi connectivity index (χ3v) is 4.29. The van der Waals surface area contributed by atoms with Gasteiger partial charge in [-0.1, -0.05) is 30.3 Å². The number of nitrogens with two attached hydrogens (primary N) is 1. The minimum absolute atomic E-state index is 0.414. The van der Waals surface area contributed by atoms with Crippen LogP contribution in [0.2, 0.25) is 0 Å². The summed E-state index contributed by atoms with van der Waals surface area (Å²) in [6, 6.07) is 15.4. The van der Waals surface area contributed by atoms with Crippen LogP contribution in [0.4, 0.5) is 0 Å². The zero-order valence-electron chi connectivity index (χ0n) is 11.5. The molecule has 2 N–H and O–H groups in total. The second kappa shape index (κ2) is 7.22. The standard InChI is InChI=1S/C16H19NO2S/c1-13-5-4-7-15(11-13)20(18)10-9-19-16-8-3-2-6-14(16)12-17/h2-8,11H,9-10,12,17H2,1H3. The number of hydrogen-bond acceptors (Lipinski definition) is 3. The monoisotopic (exact) mass is 289 g/mol. The van der Waals surface area contributed by atoms with Gasteiger partial charge in [-0.05, 0) is 30.7 Å². The lowest BCUT2D eigenvalue weighted by atomic mass is 10.2. The molecule has 1 atom stereocenters. The minimum atomic E-state index is -1.03. The van der Waals surface area contributed by atoms with Crippen LogP contribution in [0, 0.1) is 6.92 Å². The summed E-state index contributed by atoms with van der Waals surface area (Å²) >= 11 is 0. The molecule has 3 nitrogen and oxygen atoms in total. The largest absolute Gasteiger partial charge is 0.492 e. The lowest BCUT2D eigenvalue weighted by Crippen LogP contribution is -2.10. The van der Waals surface area contributed by atoms with Gasteiger partial charge in [0, 0.05) is 17.0 Å². The maximum atomic E-state index is 12.1. The molecule has 1 unspecified atom stereocenters. The van der Waals surface area contributed by atoms with Gasteiger partial charge in [-0.3, -0.25) is 4.21 Å². The molecule has 4 heteroatoms. The van der Waals surface area contributed by atoms with Crippen molar-refractivity contribution in [2.45, 2.75) is 18.4 Å². The molecule has 0 spiro atoms. The Balaban J connectivity index is 1.91. The number of para-hydroxylation sites is 1. The summed E-state index contributed by atoms with van der Waals surface area (Å²) in [5.74, 6) is 1.25. The van der Waals surface area contributed by atoms with E-state index < -0.39 is 10.8 Å². The molecule has 0 fully saturated rings. The molecule has 106 valence electrons. The first kappa shape index (κ1) is 14.8. The molecule has 0 saturated heterocycles. The molecule has 0 radical (unpaired) electrons. The summed E-state index contributed by atoms with van der Waals surface area (Å²) in [4.78, 5) is 0.848. The Morgan fingerprint density at radius 1 is 1.15 bits per heavy atom.